The molecule has 3 rings (SSSR count). The van der Waals surface area contributed by atoms with Crippen LogP contribution in [0, 0.1) is 5.92 Å². The lowest BCUT2D eigenvalue weighted by Crippen LogP contribution is -2.61. The van der Waals surface area contributed by atoms with Gasteiger partial charge in [0.25, 0.3) is 5.72 Å². The van der Waals surface area contributed by atoms with Gasteiger partial charge >= 0.3 is 6.18 Å². The molecule has 1 N–H and O–H groups in total. The van der Waals surface area contributed by atoms with Gasteiger partial charge in [-0.15, -0.1) is 0 Å². The zero-order valence-electron chi connectivity index (χ0n) is 14.4. The Morgan fingerprint density at radius 3 is 2.62 bits per heavy atom. The first-order valence-corrected chi connectivity index (χ1v) is 8.60. The average Bonchev–Trinajstić information content (AvgIpc) is 2.74. The van der Waals surface area contributed by atoms with Gasteiger partial charge < -0.3 is 9.84 Å². The summed E-state index contributed by atoms with van der Waals surface area (Å²) < 4.78 is 46.3. The smallest absolute Gasteiger partial charge is 0.439 e. The van der Waals surface area contributed by atoms with Crippen molar-refractivity contribution in [2.45, 2.75) is 50.4 Å². The summed E-state index contributed by atoms with van der Waals surface area (Å²) in [6.07, 6.45) is -2.65. The monoisotopic (exact) mass is 370 g/mol. The van der Waals surface area contributed by atoms with E-state index in [1.807, 2.05) is 0 Å². The molecule has 0 radical (unpaired) electrons. The Balaban J connectivity index is 1.88. The molecule has 1 aliphatic carbocycles. The van der Waals surface area contributed by atoms with Crippen molar-refractivity contribution < 1.29 is 27.8 Å². The molecule has 5 nitrogen and oxygen atoms in total. The van der Waals surface area contributed by atoms with E-state index in [1.165, 1.54) is 7.11 Å². The van der Waals surface area contributed by atoms with Crippen LogP contribution in [0.5, 0.6) is 5.75 Å². The van der Waals surface area contributed by atoms with Crippen molar-refractivity contribution in [3.05, 3.63) is 29.8 Å². The molecule has 2 aliphatic rings. The minimum atomic E-state index is -4.98. The summed E-state index contributed by atoms with van der Waals surface area (Å²) in [5.74, 6) is -1.49. The van der Waals surface area contributed by atoms with Gasteiger partial charge in [-0.2, -0.15) is 23.3 Å². The molecule has 0 saturated heterocycles. The van der Waals surface area contributed by atoms with E-state index < -0.39 is 23.7 Å². The quantitative estimate of drug-likeness (QED) is 0.888. The number of nitrogens with zero attached hydrogens (tertiary/aromatic N) is 2. The third kappa shape index (κ3) is 3.18. The molecule has 1 aromatic rings. The normalized spacial score (nSPS) is 26.1. The summed E-state index contributed by atoms with van der Waals surface area (Å²) in [4.78, 5) is 12.6. The van der Waals surface area contributed by atoms with Crippen LogP contribution in [-0.2, 0) is 11.2 Å². The third-order valence-corrected chi connectivity index (χ3v) is 5.03. The van der Waals surface area contributed by atoms with E-state index in [-0.39, 0.29) is 23.6 Å². The van der Waals surface area contributed by atoms with Crippen molar-refractivity contribution in [1.82, 2.24) is 5.01 Å². The number of hydrogen-bond acceptors (Lipinski definition) is 4. The van der Waals surface area contributed by atoms with Gasteiger partial charge in [-0.25, -0.2) is 0 Å². The summed E-state index contributed by atoms with van der Waals surface area (Å²) >= 11 is 0. The zero-order chi connectivity index (χ0) is 18.9. The van der Waals surface area contributed by atoms with Crippen LogP contribution in [0.3, 0.4) is 0 Å². The lowest BCUT2D eigenvalue weighted by Gasteiger charge is -2.37. The number of rotatable bonds is 3. The molecule has 2 atom stereocenters. The number of hydrogen-bond donors (Lipinski definition) is 1. The summed E-state index contributed by atoms with van der Waals surface area (Å²) in [5.41, 5.74) is -2.48. The minimum Gasteiger partial charge on any atom is -0.497 e. The molecule has 1 saturated carbocycles. The molecule has 0 unspecified atom stereocenters. The van der Waals surface area contributed by atoms with Gasteiger partial charge in [-0.3, -0.25) is 4.79 Å². The highest BCUT2D eigenvalue weighted by molar-refractivity contribution is 5.93. The number of amides is 1. The van der Waals surface area contributed by atoms with Crippen LogP contribution in [0.4, 0.5) is 13.2 Å². The van der Waals surface area contributed by atoms with Crippen LogP contribution >= 0.6 is 0 Å². The summed E-state index contributed by atoms with van der Waals surface area (Å²) in [6, 6.07) is 6.45. The van der Waals surface area contributed by atoms with Crippen molar-refractivity contribution in [2.24, 2.45) is 11.0 Å². The largest absolute Gasteiger partial charge is 0.497 e. The fraction of sp³-hybridized carbons (Fsp3) is 0.556. The SMILES string of the molecule is COc1ccc(CC(=O)N2N=C3CCCCC[C@@H]3[C@@]2(O)C(F)(F)F)cc1. The van der Waals surface area contributed by atoms with Crippen LogP contribution in [0.15, 0.2) is 29.4 Å². The van der Waals surface area contributed by atoms with Gasteiger partial charge in [0.2, 0.25) is 5.91 Å². The number of aliphatic hydroxyl groups is 1. The van der Waals surface area contributed by atoms with Crippen LogP contribution in [0.2, 0.25) is 0 Å². The minimum absolute atomic E-state index is 0.168. The Morgan fingerprint density at radius 2 is 2.00 bits per heavy atom. The Bertz CT molecular complexity index is 703. The van der Waals surface area contributed by atoms with E-state index >= 15 is 0 Å². The number of benzene rings is 1. The molecule has 0 bridgehead atoms. The molecule has 0 spiro atoms. The van der Waals surface area contributed by atoms with E-state index in [1.54, 1.807) is 24.3 Å². The summed E-state index contributed by atoms with van der Waals surface area (Å²) in [7, 11) is 1.49. The van der Waals surface area contributed by atoms with E-state index in [2.05, 4.69) is 5.10 Å². The van der Waals surface area contributed by atoms with Gasteiger partial charge in [0.15, 0.2) is 0 Å². The Labute approximate surface area is 149 Å². The van der Waals surface area contributed by atoms with Crippen LogP contribution in [-0.4, -0.2) is 40.7 Å². The second-order valence-electron chi connectivity index (χ2n) is 6.70. The van der Waals surface area contributed by atoms with Crippen molar-refractivity contribution in [1.29, 1.82) is 0 Å². The molecule has 1 aliphatic heterocycles. The average molecular weight is 370 g/mol. The zero-order valence-corrected chi connectivity index (χ0v) is 14.4. The maximum Gasteiger partial charge on any atom is 0.439 e. The number of carbonyl (C=O) groups excluding carboxylic acids is 1. The maximum atomic E-state index is 13.8. The Hall–Kier alpha value is -2.09. The van der Waals surface area contributed by atoms with Crippen LogP contribution in [0.1, 0.15) is 37.7 Å². The number of methoxy groups -OCH3 is 1. The van der Waals surface area contributed by atoms with E-state index in [9.17, 15) is 23.1 Å². The molecule has 1 amide bonds. The molecule has 1 aromatic carbocycles. The van der Waals surface area contributed by atoms with Gasteiger partial charge in [-0.05, 0) is 37.0 Å². The first-order chi connectivity index (χ1) is 12.3. The molecular weight excluding hydrogens is 349 g/mol. The van der Waals surface area contributed by atoms with E-state index in [0.29, 0.717) is 30.6 Å². The second-order valence-corrected chi connectivity index (χ2v) is 6.70. The first-order valence-electron chi connectivity index (χ1n) is 8.60. The number of hydrazone groups is 1. The topological polar surface area (TPSA) is 62.1 Å². The lowest BCUT2D eigenvalue weighted by atomic mass is 9.87. The molecular formula is C18H21F3N2O3. The van der Waals surface area contributed by atoms with Crippen molar-refractivity contribution in [2.75, 3.05) is 7.11 Å². The molecule has 8 heteroatoms. The van der Waals surface area contributed by atoms with Crippen molar-refractivity contribution >= 4 is 11.6 Å². The highest BCUT2D eigenvalue weighted by Crippen LogP contribution is 2.47. The summed E-state index contributed by atoms with van der Waals surface area (Å²) in [5, 5.41) is 14.8. The standard InChI is InChI=1S/C18H21F3N2O3/c1-26-13-9-7-12(8-10-13)11-16(24)23-17(25,18(19,20)21)14-5-3-2-4-6-15(14)22-23/h7-10,14,25H,2-6,11H2,1H3/t14-,17+/m0/s1. The van der Waals surface area contributed by atoms with Gasteiger partial charge in [0, 0.05) is 5.71 Å². The molecule has 1 fully saturated rings. The number of carbonyl (C=O) groups is 1. The molecule has 26 heavy (non-hydrogen) atoms. The first kappa shape index (κ1) is 18.7. The molecule has 142 valence electrons. The highest BCUT2D eigenvalue weighted by atomic mass is 19.4. The number of alkyl halides is 3. The van der Waals surface area contributed by atoms with E-state index in [0.717, 1.165) is 6.42 Å². The van der Waals surface area contributed by atoms with Gasteiger partial charge in [-0.1, -0.05) is 25.0 Å². The predicted octanol–water partition coefficient (Wildman–Crippen LogP) is 3.27. The van der Waals surface area contributed by atoms with Crippen LogP contribution in [0.25, 0.3) is 0 Å². The molecule has 1 heterocycles. The van der Waals surface area contributed by atoms with Crippen molar-refractivity contribution in [3.63, 3.8) is 0 Å². The fourth-order valence-corrected chi connectivity index (χ4v) is 3.63. The van der Waals surface area contributed by atoms with Crippen LogP contribution < -0.4 is 4.74 Å². The van der Waals surface area contributed by atoms with Gasteiger partial charge in [0.1, 0.15) is 5.75 Å². The van der Waals surface area contributed by atoms with E-state index in [4.69, 9.17) is 4.74 Å². The second kappa shape index (κ2) is 6.90. The van der Waals surface area contributed by atoms with Gasteiger partial charge in [0.05, 0.1) is 19.4 Å². The lowest BCUT2D eigenvalue weighted by molar-refractivity contribution is -0.316. The highest BCUT2D eigenvalue weighted by Gasteiger charge is 2.68. The Morgan fingerprint density at radius 1 is 1.31 bits per heavy atom. The Kier molecular flexibility index (Phi) is 4.96. The number of halogens is 3. The number of fused-ring (bicyclic) bond motifs is 1. The predicted molar refractivity (Wildman–Crippen MR) is 88.6 cm³/mol. The maximum absolute atomic E-state index is 13.8. The van der Waals surface area contributed by atoms with Crippen molar-refractivity contribution in [3.8, 4) is 5.75 Å². The summed E-state index contributed by atoms with van der Waals surface area (Å²) in [6.45, 7) is 0. The number of ether oxygens (including phenoxy) is 1. The molecule has 0 aromatic heterocycles. The third-order valence-electron chi connectivity index (χ3n) is 5.03. The fourth-order valence-electron chi connectivity index (χ4n) is 3.63.